The van der Waals surface area contributed by atoms with Gasteiger partial charge in [0.15, 0.2) is 0 Å². The van der Waals surface area contributed by atoms with Crippen LogP contribution in [0.5, 0.6) is 0 Å². The Labute approximate surface area is 198 Å². The fourth-order valence-electron chi connectivity index (χ4n) is 2.33. The second-order valence-electron chi connectivity index (χ2n) is 7.62. The van der Waals surface area contributed by atoms with E-state index in [9.17, 15) is 18.0 Å². The van der Waals surface area contributed by atoms with Crippen LogP contribution in [0.4, 0.5) is 0 Å². The second kappa shape index (κ2) is 18.4. The van der Waals surface area contributed by atoms with E-state index in [1.54, 1.807) is 0 Å². The first-order valence-electron chi connectivity index (χ1n) is 10.1. The van der Waals surface area contributed by atoms with Crippen LogP contribution in [0.25, 0.3) is 0 Å². The fourth-order valence-corrected chi connectivity index (χ4v) is 2.96. The van der Waals surface area contributed by atoms with Gasteiger partial charge in [0.2, 0.25) is 0 Å². The number of rotatable bonds is 16. The van der Waals surface area contributed by atoms with E-state index in [4.69, 9.17) is 4.74 Å². The van der Waals surface area contributed by atoms with Crippen molar-refractivity contribution in [3.8, 4) is 0 Å². The van der Waals surface area contributed by atoms with Crippen molar-refractivity contribution in [3.05, 3.63) is 12.2 Å². The van der Waals surface area contributed by atoms with Gasteiger partial charge >= 0.3 is 51.9 Å². The third-order valence-electron chi connectivity index (χ3n) is 3.86. The van der Waals surface area contributed by atoms with Crippen LogP contribution < -0.4 is 0 Å². The molecule has 0 saturated heterocycles. The summed E-state index contributed by atoms with van der Waals surface area (Å²) in [5, 5.41) is 0. The number of unbranched alkanes of at least 4 members (excludes halogenated alkanes) is 4. The van der Waals surface area contributed by atoms with Gasteiger partial charge in [0.05, 0.1) is 13.2 Å². The molecule has 0 aliphatic carbocycles. The van der Waals surface area contributed by atoms with E-state index < -0.39 is 22.3 Å². The normalized spacial score (nSPS) is 11.7. The van der Waals surface area contributed by atoms with Gasteiger partial charge in [-0.3, -0.25) is 0 Å². The topological polar surface area (TPSA) is 96.0 Å². The zero-order valence-electron chi connectivity index (χ0n) is 17.6. The first-order valence-corrected chi connectivity index (χ1v) is 11.4. The summed E-state index contributed by atoms with van der Waals surface area (Å²) in [6, 6.07) is 0. The Hall–Kier alpha value is -0.410. The number of hydrogen-bond donors (Lipinski definition) is 0. The molecule has 0 N–H and O–H groups in total. The quantitative estimate of drug-likeness (QED) is 0.155. The molecule has 0 spiro atoms. The Morgan fingerprint density at radius 3 is 1.76 bits per heavy atom. The first-order chi connectivity index (χ1) is 13.1. The van der Waals surface area contributed by atoms with Crippen molar-refractivity contribution in [2.45, 2.75) is 79.1 Å². The minimum absolute atomic E-state index is 0. The molecule has 29 heavy (non-hydrogen) atoms. The van der Waals surface area contributed by atoms with Gasteiger partial charge in [-0.05, 0) is 24.7 Å². The summed E-state index contributed by atoms with van der Waals surface area (Å²) in [4.78, 5) is 23.0. The number of ether oxygens (including phenoxy) is 1. The van der Waals surface area contributed by atoms with Gasteiger partial charge in [0, 0.05) is 12.2 Å². The maximum absolute atomic E-state index is 11.5. The minimum atomic E-state index is -4.42. The monoisotopic (exact) mass is 444 g/mol. The molecule has 0 radical (unpaired) electrons. The van der Waals surface area contributed by atoms with Crippen LogP contribution in [0.15, 0.2) is 12.2 Å². The Balaban J connectivity index is 0. The number of carbonyl (C=O) groups is 2. The van der Waals surface area contributed by atoms with E-state index in [-0.39, 0.29) is 42.8 Å². The number of hydrogen-bond acceptors (Lipinski definition) is 7. The molecule has 166 valence electrons. The van der Waals surface area contributed by atoms with Gasteiger partial charge < -0.3 is 8.92 Å². The summed E-state index contributed by atoms with van der Waals surface area (Å²) < 4.78 is 36.8. The standard InChI is InChI=1S/C20H36O7S.Na.H/c1-17(2)11-7-5-9-15-25-19(21)13-14-20(22)27-28(23,24)26-16-10-6-8-12-18(3)4;;/h13-14,17-18H,5-12,15-16H2,1-4H3;;. The molecule has 0 aliphatic rings. The predicted octanol–water partition coefficient (Wildman–Crippen LogP) is 3.67. The summed E-state index contributed by atoms with van der Waals surface area (Å²) in [5.41, 5.74) is 0. The van der Waals surface area contributed by atoms with Crippen molar-refractivity contribution in [1.29, 1.82) is 0 Å². The molecular weight excluding hydrogens is 407 g/mol. The Morgan fingerprint density at radius 1 is 0.759 bits per heavy atom. The van der Waals surface area contributed by atoms with Crippen molar-refractivity contribution < 1.29 is 31.1 Å². The Kier molecular flexibility index (Phi) is 19.5. The van der Waals surface area contributed by atoms with Crippen LogP contribution in [0.3, 0.4) is 0 Å². The second-order valence-corrected chi connectivity index (χ2v) is 8.84. The molecule has 0 atom stereocenters. The van der Waals surface area contributed by atoms with E-state index in [1.165, 1.54) is 0 Å². The maximum atomic E-state index is 11.5. The average Bonchev–Trinajstić information content (AvgIpc) is 2.58. The average molecular weight is 445 g/mol. The Bertz CT molecular complexity index is 571. The molecule has 9 heteroatoms. The molecule has 0 aromatic carbocycles. The van der Waals surface area contributed by atoms with Crippen LogP contribution in [-0.2, 0) is 33.1 Å². The van der Waals surface area contributed by atoms with E-state index >= 15 is 0 Å². The van der Waals surface area contributed by atoms with E-state index in [2.05, 4.69) is 36.1 Å². The van der Waals surface area contributed by atoms with Crippen molar-refractivity contribution >= 4 is 51.9 Å². The van der Waals surface area contributed by atoms with Gasteiger partial charge in [0.25, 0.3) is 0 Å². The van der Waals surface area contributed by atoms with Gasteiger partial charge in [0.1, 0.15) is 0 Å². The van der Waals surface area contributed by atoms with Crippen molar-refractivity contribution in [2.75, 3.05) is 13.2 Å². The SMILES string of the molecule is CC(C)CCCCCOC(=O)C=CC(=O)OS(=O)(=O)OCCCCCC(C)C.[NaH]. The number of carbonyl (C=O) groups excluding carboxylic acids is 2. The van der Waals surface area contributed by atoms with E-state index in [0.29, 0.717) is 24.3 Å². The van der Waals surface area contributed by atoms with Gasteiger partial charge in [-0.25, -0.2) is 13.8 Å². The van der Waals surface area contributed by atoms with Gasteiger partial charge in [-0.1, -0.05) is 66.2 Å². The van der Waals surface area contributed by atoms with Crippen molar-refractivity contribution in [3.63, 3.8) is 0 Å². The molecule has 7 nitrogen and oxygen atoms in total. The molecule has 0 unspecified atom stereocenters. The summed E-state index contributed by atoms with van der Waals surface area (Å²) in [6.45, 7) is 8.77. The summed E-state index contributed by atoms with van der Waals surface area (Å²) in [6.07, 6.45) is 8.93. The molecule has 0 amide bonds. The summed E-state index contributed by atoms with van der Waals surface area (Å²) in [7, 11) is -4.42. The van der Waals surface area contributed by atoms with Crippen molar-refractivity contribution in [2.24, 2.45) is 11.8 Å². The molecule has 0 aliphatic heterocycles. The molecule has 0 rings (SSSR count). The van der Waals surface area contributed by atoms with Crippen LogP contribution in [-0.4, -0.2) is 63.1 Å². The summed E-state index contributed by atoms with van der Waals surface area (Å²) >= 11 is 0. The van der Waals surface area contributed by atoms with E-state index in [0.717, 1.165) is 51.0 Å². The summed E-state index contributed by atoms with van der Waals surface area (Å²) in [5.74, 6) is -0.659. The van der Waals surface area contributed by atoms with Crippen LogP contribution in [0.2, 0.25) is 0 Å². The zero-order chi connectivity index (χ0) is 21.4. The molecule has 0 heterocycles. The molecule has 0 aromatic heterocycles. The zero-order valence-corrected chi connectivity index (χ0v) is 18.5. The van der Waals surface area contributed by atoms with Crippen LogP contribution in [0.1, 0.15) is 79.1 Å². The Morgan fingerprint density at radius 2 is 1.24 bits per heavy atom. The first kappa shape index (κ1) is 30.8. The third-order valence-corrected chi connectivity index (χ3v) is 4.69. The molecule has 0 aromatic rings. The predicted molar refractivity (Wildman–Crippen MR) is 115 cm³/mol. The third kappa shape index (κ3) is 22.1. The molecule has 0 bridgehead atoms. The molecular formula is C20H37NaO7S. The van der Waals surface area contributed by atoms with Gasteiger partial charge in [-0.15, -0.1) is 0 Å². The molecule has 0 saturated carbocycles. The number of esters is 1. The van der Waals surface area contributed by atoms with Crippen LogP contribution >= 0.6 is 0 Å². The molecule has 0 fully saturated rings. The van der Waals surface area contributed by atoms with Gasteiger partial charge in [-0.2, -0.15) is 8.42 Å². The van der Waals surface area contributed by atoms with Crippen LogP contribution in [0, 0.1) is 11.8 Å². The fraction of sp³-hybridized carbons (Fsp3) is 0.800. The van der Waals surface area contributed by atoms with Crippen molar-refractivity contribution in [1.82, 2.24) is 0 Å². The van der Waals surface area contributed by atoms with E-state index in [1.807, 2.05) is 0 Å².